The van der Waals surface area contributed by atoms with Crippen molar-refractivity contribution in [2.45, 2.75) is 13.5 Å². The van der Waals surface area contributed by atoms with Gasteiger partial charge in [-0.2, -0.15) is 0 Å². The molecule has 0 bridgehead atoms. The second kappa shape index (κ2) is 7.63. The third-order valence-electron chi connectivity index (χ3n) is 4.65. The number of hydrogen-bond acceptors (Lipinski definition) is 4. The molecule has 0 aliphatic carbocycles. The molecular weight excluding hydrogens is 368 g/mol. The molecule has 1 aliphatic heterocycles. The predicted octanol–water partition coefficient (Wildman–Crippen LogP) is 3.28. The van der Waals surface area contributed by atoms with Crippen LogP contribution in [0.25, 0.3) is 11.8 Å². The maximum Gasteiger partial charge on any atom is 0.329 e. The molecule has 3 aromatic rings. The Morgan fingerprint density at radius 3 is 2.62 bits per heavy atom. The van der Waals surface area contributed by atoms with Crippen LogP contribution in [0.5, 0.6) is 5.75 Å². The molecular formula is C22H20N4O3. The summed E-state index contributed by atoms with van der Waals surface area (Å²) in [6, 6.07) is 14.5. The third kappa shape index (κ3) is 3.75. The molecule has 2 aromatic carbocycles. The third-order valence-corrected chi connectivity index (χ3v) is 4.65. The SMILES string of the molecule is COc1cc(/C=C2\NC(=O)N(Cc3ccccc3)C2=O)ccc1-n1cnc(C)c1. The minimum Gasteiger partial charge on any atom is -0.495 e. The van der Waals surface area contributed by atoms with E-state index in [0.29, 0.717) is 5.75 Å². The van der Waals surface area contributed by atoms with E-state index in [0.717, 1.165) is 22.5 Å². The number of carbonyl (C=O) groups is 2. The first kappa shape index (κ1) is 18.5. The zero-order valence-corrected chi connectivity index (χ0v) is 16.1. The number of aryl methyl sites for hydroxylation is 1. The maximum atomic E-state index is 12.7. The van der Waals surface area contributed by atoms with E-state index in [1.165, 1.54) is 4.90 Å². The van der Waals surface area contributed by atoms with E-state index in [1.807, 2.05) is 66.2 Å². The molecule has 1 saturated heterocycles. The molecule has 29 heavy (non-hydrogen) atoms. The number of imidazole rings is 1. The van der Waals surface area contributed by atoms with E-state index >= 15 is 0 Å². The molecule has 1 N–H and O–H groups in total. The van der Waals surface area contributed by atoms with Gasteiger partial charge in [-0.15, -0.1) is 0 Å². The second-order valence-electron chi connectivity index (χ2n) is 6.72. The minimum atomic E-state index is -0.428. The second-order valence-corrected chi connectivity index (χ2v) is 6.72. The molecule has 2 heterocycles. The molecule has 7 heteroatoms. The van der Waals surface area contributed by atoms with Gasteiger partial charge < -0.3 is 14.6 Å². The van der Waals surface area contributed by atoms with E-state index in [4.69, 9.17) is 4.74 Å². The van der Waals surface area contributed by atoms with Gasteiger partial charge >= 0.3 is 6.03 Å². The van der Waals surface area contributed by atoms with Gasteiger partial charge in [-0.25, -0.2) is 9.78 Å². The van der Waals surface area contributed by atoms with Crippen LogP contribution in [0.2, 0.25) is 0 Å². The molecule has 7 nitrogen and oxygen atoms in total. The number of carbonyl (C=O) groups excluding carboxylic acids is 2. The van der Waals surface area contributed by atoms with E-state index in [-0.39, 0.29) is 18.1 Å². The highest BCUT2D eigenvalue weighted by Gasteiger charge is 2.33. The number of amides is 3. The van der Waals surface area contributed by atoms with Crippen molar-refractivity contribution in [3.63, 3.8) is 0 Å². The molecule has 0 unspecified atom stereocenters. The normalized spacial score (nSPS) is 15.1. The number of rotatable bonds is 5. The Labute approximate surface area is 168 Å². The van der Waals surface area contributed by atoms with Gasteiger partial charge in [0.05, 0.1) is 31.4 Å². The van der Waals surface area contributed by atoms with E-state index in [2.05, 4.69) is 10.3 Å². The Morgan fingerprint density at radius 1 is 1.14 bits per heavy atom. The zero-order valence-electron chi connectivity index (χ0n) is 16.1. The van der Waals surface area contributed by atoms with Crippen molar-refractivity contribution in [1.82, 2.24) is 19.8 Å². The van der Waals surface area contributed by atoms with Crippen molar-refractivity contribution in [2.75, 3.05) is 7.11 Å². The highest BCUT2D eigenvalue weighted by molar-refractivity contribution is 6.13. The number of nitrogens with zero attached hydrogens (tertiary/aromatic N) is 3. The van der Waals surface area contributed by atoms with Crippen molar-refractivity contribution >= 4 is 18.0 Å². The summed E-state index contributed by atoms with van der Waals surface area (Å²) in [5.74, 6) is 0.279. The lowest BCUT2D eigenvalue weighted by Crippen LogP contribution is -2.30. The van der Waals surface area contributed by atoms with E-state index in [9.17, 15) is 9.59 Å². The van der Waals surface area contributed by atoms with Crippen LogP contribution >= 0.6 is 0 Å². The first-order chi connectivity index (χ1) is 14.0. The van der Waals surface area contributed by atoms with Crippen LogP contribution in [0, 0.1) is 6.92 Å². The molecule has 0 radical (unpaired) electrons. The van der Waals surface area contributed by atoms with Gasteiger partial charge in [-0.05, 0) is 36.3 Å². The van der Waals surface area contributed by atoms with Crippen LogP contribution in [0.15, 0.2) is 66.8 Å². The van der Waals surface area contributed by atoms with Crippen LogP contribution < -0.4 is 10.1 Å². The number of nitrogens with one attached hydrogen (secondary N) is 1. The largest absolute Gasteiger partial charge is 0.495 e. The van der Waals surface area contributed by atoms with Crippen LogP contribution in [-0.4, -0.2) is 33.5 Å². The minimum absolute atomic E-state index is 0.227. The summed E-state index contributed by atoms with van der Waals surface area (Å²) in [7, 11) is 1.59. The van der Waals surface area contributed by atoms with Crippen LogP contribution in [0.1, 0.15) is 16.8 Å². The van der Waals surface area contributed by atoms with Gasteiger partial charge in [0, 0.05) is 6.20 Å². The summed E-state index contributed by atoms with van der Waals surface area (Å²) in [5.41, 5.74) is 3.60. The number of ether oxygens (including phenoxy) is 1. The number of hydrogen-bond donors (Lipinski definition) is 1. The van der Waals surface area contributed by atoms with Gasteiger partial charge in [-0.3, -0.25) is 9.69 Å². The summed E-state index contributed by atoms with van der Waals surface area (Å²) in [5, 5.41) is 2.65. The molecule has 146 valence electrons. The number of urea groups is 1. The zero-order chi connectivity index (χ0) is 20.4. The highest BCUT2D eigenvalue weighted by Crippen LogP contribution is 2.26. The fourth-order valence-electron chi connectivity index (χ4n) is 3.20. The van der Waals surface area contributed by atoms with Crippen molar-refractivity contribution in [1.29, 1.82) is 0 Å². The van der Waals surface area contributed by atoms with Gasteiger partial charge in [-0.1, -0.05) is 36.4 Å². The van der Waals surface area contributed by atoms with Gasteiger partial charge in [0.1, 0.15) is 11.4 Å². The predicted molar refractivity (Wildman–Crippen MR) is 108 cm³/mol. The number of benzene rings is 2. The molecule has 1 aliphatic rings. The molecule has 1 aromatic heterocycles. The van der Waals surface area contributed by atoms with Crippen LogP contribution in [0.4, 0.5) is 4.79 Å². The smallest absolute Gasteiger partial charge is 0.329 e. The van der Waals surface area contributed by atoms with Gasteiger partial charge in [0.25, 0.3) is 5.91 Å². The Balaban J connectivity index is 1.59. The number of methoxy groups -OCH3 is 1. The van der Waals surface area contributed by atoms with E-state index < -0.39 is 6.03 Å². The van der Waals surface area contributed by atoms with Crippen molar-refractivity contribution in [3.05, 3.63) is 83.6 Å². The van der Waals surface area contributed by atoms with Crippen LogP contribution in [-0.2, 0) is 11.3 Å². The Kier molecular flexibility index (Phi) is 4.87. The average molecular weight is 388 g/mol. The van der Waals surface area contributed by atoms with Crippen LogP contribution in [0.3, 0.4) is 0 Å². The van der Waals surface area contributed by atoms with Gasteiger partial charge in [0.15, 0.2) is 0 Å². The summed E-state index contributed by atoms with van der Waals surface area (Å²) in [4.78, 5) is 30.4. The Bertz CT molecular complexity index is 1100. The van der Waals surface area contributed by atoms with Crippen molar-refractivity contribution in [2.24, 2.45) is 0 Å². The van der Waals surface area contributed by atoms with E-state index in [1.54, 1.807) is 19.5 Å². The Morgan fingerprint density at radius 2 is 1.93 bits per heavy atom. The first-order valence-electron chi connectivity index (χ1n) is 9.12. The lowest BCUT2D eigenvalue weighted by Gasteiger charge is -2.11. The maximum absolute atomic E-state index is 12.7. The van der Waals surface area contributed by atoms with Gasteiger partial charge in [0.2, 0.25) is 0 Å². The fraction of sp³-hybridized carbons (Fsp3) is 0.136. The molecule has 3 amide bonds. The first-order valence-corrected chi connectivity index (χ1v) is 9.12. The molecule has 0 atom stereocenters. The summed E-state index contributed by atoms with van der Waals surface area (Å²) in [6.07, 6.45) is 5.27. The topological polar surface area (TPSA) is 76.5 Å². The highest BCUT2D eigenvalue weighted by atomic mass is 16.5. The number of aromatic nitrogens is 2. The quantitative estimate of drug-likeness (QED) is 0.538. The summed E-state index contributed by atoms with van der Waals surface area (Å²) >= 11 is 0. The molecule has 1 fully saturated rings. The lowest BCUT2D eigenvalue weighted by atomic mass is 10.1. The standard InChI is InChI=1S/C22H20N4O3/c1-15-12-25(14-23-15)19-9-8-17(11-20(19)29-2)10-18-21(27)26(22(28)24-18)13-16-6-4-3-5-7-16/h3-12,14H,13H2,1-2H3,(H,24,28)/b18-10-. The summed E-state index contributed by atoms with van der Waals surface area (Å²) in [6.45, 7) is 2.14. The monoisotopic (exact) mass is 388 g/mol. The molecule has 4 rings (SSSR count). The molecule has 0 saturated carbocycles. The number of imide groups is 1. The van der Waals surface area contributed by atoms with Crippen molar-refractivity contribution in [3.8, 4) is 11.4 Å². The Hall–Kier alpha value is -3.87. The lowest BCUT2D eigenvalue weighted by molar-refractivity contribution is -0.123. The molecule has 0 spiro atoms. The average Bonchev–Trinajstić information content (AvgIpc) is 3.27. The summed E-state index contributed by atoms with van der Waals surface area (Å²) < 4.78 is 7.37. The van der Waals surface area contributed by atoms with Crippen molar-refractivity contribution < 1.29 is 14.3 Å². The fourth-order valence-corrected chi connectivity index (χ4v) is 3.20.